The van der Waals surface area contributed by atoms with Crippen molar-refractivity contribution in [2.45, 2.75) is 46.7 Å². The fourth-order valence-electron chi connectivity index (χ4n) is 2.38. The number of carbonyl (C=O) groups excluding carboxylic acids is 1. The minimum atomic E-state index is -0.133. The van der Waals surface area contributed by atoms with E-state index in [-0.39, 0.29) is 11.7 Å². The molecule has 0 saturated carbocycles. The molecule has 0 atom stereocenters. The van der Waals surface area contributed by atoms with Gasteiger partial charge in [0.15, 0.2) is 0 Å². The van der Waals surface area contributed by atoms with Gasteiger partial charge < -0.3 is 10.4 Å². The lowest BCUT2D eigenvalue weighted by molar-refractivity contribution is 0.0938. The van der Waals surface area contributed by atoms with Crippen LogP contribution in [0.3, 0.4) is 0 Å². The highest BCUT2D eigenvalue weighted by Crippen LogP contribution is 2.19. The van der Waals surface area contributed by atoms with Gasteiger partial charge >= 0.3 is 0 Å². The molecule has 2 N–H and O–H groups in total. The highest BCUT2D eigenvalue weighted by Gasteiger charge is 2.14. The van der Waals surface area contributed by atoms with Gasteiger partial charge in [0.1, 0.15) is 5.75 Å². The van der Waals surface area contributed by atoms with E-state index in [1.807, 2.05) is 0 Å². The van der Waals surface area contributed by atoms with Crippen LogP contribution in [0.25, 0.3) is 0 Å². The number of hydrogen-bond donors (Lipinski definition) is 2. The fourth-order valence-corrected chi connectivity index (χ4v) is 2.38. The quantitative estimate of drug-likeness (QED) is 0.841. The van der Waals surface area contributed by atoms with E-state index in [0.29, 0.717) is 29.8 Å². The lowest BCUT2D eigenvalue weighted by Crippen LogP contribution is -2.42. The summed E-state index contributed by atoms with van der Waals surface area (Å²) in [4.78, 5) is 14.4. The van der Waals surface area contributed by atoms with E-state index in [1.165, 1.54) is 0 Å². The molecule has 0 aliphatic rings. The molecule has 0 spiro atoms. The van der Waals surface area contributed by atoms with Gasteiger partial charge in [0, 0.05) is 36.3 Å². The summed E-state index contributed by atoms with van der Waals surface area (Å²) in [5, 5.41) is 12.5. The van der Waals surface area contributed by atoms with Crippen molar-refractivity contribution in [3.05, 3.63) is 29.3 Å². The number of rotatable bonds is 6. The second-order valence-electron chi connectivity index (χ2n) is 5.63. The van der Waals surface area contributed by atoms with E-state index in [1.54, 1.807) is 25.1 Å². The summed E-state index contributed by atoms with van der Waals surface area (Å²) in [5.41, 5.74) is 1.15. The van der Waals surface area contributed by atoms with Crippen LogP contribution in [0.1, 0.15) is 43.6 Å². The molecule has 0 radical (unpaired) electrons. The summed E-state index contributed by atoms with van der Waals surface area (Å²) in [7, 11) is 0. The molecule has 0 bridgehead atoms. The van der Waals surface area contributed by atoms with E-state index >= 15 is 0 Å². The molecule has 0 heterocycles. The molecule has 4 heteroatoms. The van der Waals surface area contributed by atoms with Crippen LogP contribution in [0.4, 0.5) is 0 Å². The van der Waals surface area contributed by atoms with E-state index in [9.17, 15) is 9.90 Å². The maximum atomic E-state index is 12.1. The molecule has 4 nitrogen and oxygen atoms in total. The zero-order chi connectivity index (χ0) is 15.3. The van der Waals surface area contributed by atoms with Crippen molar-refractivity contribution >= 4 is 5.91 Å². The van der Waals surface area contributed by atoms with Crippen LogP contribution in [-0.4, -0.2) is 41.1 Å². The highest BCUT2D eigenvalue weighted by atomic mass is 16.3. The summed E-state index contributed by atoms with van der Waals surface area (Å²) in [5.74, 6) is 0.0227. The van der Waals surface area contributed by atoms with Crippen LogP contribution in [0, 0.1) is 6.92 Å². The van der Waals surface area contributed by atoms with Crippen LogP contribution in [0.2, 0.25) is 0 Å². The Morgan fingerprint density at radius 3 is 2.40 bits per heavy atom. The molecule has 0 saturated heterocycles. The molecular weight excluding hydrogens is 252 g/mol. The second kappa shape index (κ2) is 7.29. The van der Waals surface area contributed by atoms with Crippen molar-refractivity contribution in [1.29, 1.82) is 0 Å². The van der Waals surface area contributed by atoms with Crippen LogP contribution in [0.15, 0.2) is 18.2 Å². The third-order valence-corrected chi connectivity index (χ3v) is 3.53. The third kappa shape index (κ3) is 4.23. The minimum Gasteiger partial charge on any atom is -0.508 e. The first-order valence-corrected chi connectivity index (χ1v) is 7.17. The smallest absolute Gasteiger partial charge is 0.251 e. The number of phenols is 1. The second-order valence-corrected chi connectivity index (χ2v) is 5.63. The normalized spacial score (nSPS) is 11.4. The Labute approximate surface area is 121 Å². The van der Waals surface area contributed by atoms with E-state index in [0.717, 1.165) is 6.54 Å². The van der Waals surface area contributed by atoms with Crippen molar-refractivity contribution in [3.8, 4) is 5.75 Å². The first kappa shape index (κ1) is 16.5. The first-order valence-electron chi connectivity index (χ1n) is 7.17. The maximum absolute atomic E-state index is 12.1. The molecule has 0 fully saturated rings. The topological polar surface area (TPSA) is 52.6 Å². The van der Waals surface area contributed by atoms with Gasteiger partial charge in [0.05, 0.1) is 0 Å². The number of carbonyl (C=O) groups is 1. The lowest BCUT2D eigenvalue weighted by atomic mass is 10.1. The molecule has 1 aromatic rings. The molecule has 1 aromatic carbocycles. The predicted molar refractivity (Wildman–Crippen MR) is 82.2 cm³/mol. The Hall–Kier alpha value is -1.55. The molecule has 20 heavy (non-hydrogen) atoms. The van der Waals surface area contributed by atoms with Crippen LogP contribution in [-0.2, 0) is 0 Å². The minimum absolute atomic E-state index is 0.133. The Morgan fingerprint density at radius 2 is 1.85 bits per heavy atom. The molecule has 112 valence electrons. The third-order valence-electron chi connectivity index (χ3n) is 3.53. The average molecular weight is 278 g/mol. The number of benzene rings is 1. The molecule has 1 amide bonds. The fraction of sp³-hybridized carbons (Fsp3) is 0.562. The summed E-state index contributed by atoms with van der Waals surface area (Å²) in [6.45, 7) is 11.8. The van der Waals surface area contributed by atoms with E-state index in [2.05, 4.69) is 37.9 Å². The highest BCUT2D eigenvalue weighted by molar-refractivity contribution is 5.96. The molecule has 0 unspecified atom stereocenters. The van der Waals surface area contributed by atoms with Crippen LogP contribution >= 0.6 is 0 Å². The van der Waals surface area contributed by atoms with E-state index < -0.39 is 0 Å². The van der Waals surface area contributed by atoms with Gasteiger partial charge in [0.25, 0.3) is 5.91 Å². The van der Waals surface area contributed by atoms with Gasteiger partial charge in [-0.05, 0) is 46.8 Å². The summed E-state index contributed by atoms with van der Waals surface area (Å²) in [6, 6.07) is 5.91. The molecule has 0 aliphatic carbocycles. The number of nitrogens with one attached hydrogen (secondary N) is 1. The van der Waals surface area contributed by atoms with Gasteiger partial charge in [-0.1, -0.05) is 6.07 Å². The van der Waals surface area contributed by atoms with Gasteiger partial charge in [-0.3, -0.25) is 9.69 Å². The predicted octanol–water partition coefficient (Wildman–Crippen LogP) is 2.55. The molecule has 0 aromatic heterocycles. The largest absolute Gasteiger partial charge is 0.508 e. The van der Waals surface area contributed by atoms with Crippen molar-refractivity contribution in [2.24, 2.45) is 0 Å². The summed E-state index contributed by atoms with van der Waals surface area (Å²) >= 11 is 0. The standard InChI is InChI=1S/C16H26N2O2/c1-11(2)18(12(3)4)10-9-17-16(20)14-7-6-8-15(19)13(14)5/h6-8,11-12,19H,9-10H2,1-5H3,(H,17,20). The zero-order valence-corrected chi connectivity index (χ0v) is 13.1. The molecule has 1 rings (SSSR count). The Kier molecular flexibility index (Phi) is 6.02. The van der Waals surface area contributed by atoms with Gasteiger partial charge in [-0.2, -0.15) is 0 Å². The average Bonchev–Trinajstić information content (AvgIpc) is 2.36. The number of amides is 1. The van der Waals surface area contributed by atoms with Crippen molar-refractivity contribution in [1.82, 2.24) is 10.2 Å². The number of phenolic OH excluding ortho intramolecular Hbond substituents is 1. The zero-order valence-electron chi connectivity index (χ0n) is 13.1. The Morgan fingerprint density at radius 1 is 1.25 bits per heavy atom. The molecule has 0 aliphatic heterocycles. The van der Waals surface area contributed by atoms with Crippen LogP contribution in [0.5, 0.6) is 5.75 Å². The first-order chi connectivity index (χ1) is 9.34. The summed E-state index contributed by atoms with van der Waals surface area (Å²) in [6.07, 6.45) is 0. The lowest BCUT2D eigenvalue weighted by Gasteiger charge is -2.30. The van der Waals surface area contributed by atoms with Gasteiger partial charge in [-0.15, -0.1) is 0 Å². The maximum Gasteiger partial charge on any atom is 0.251 e. The number of aromatic hydroxyl groups is 1. The Balaban J connectivity index is 2.58. The Bertz CT molecular complexity index is 448. The number of nitrogens with zero attached hydrogens (tertiary/aromatic N) is 1. The summed E-state index contributed by atoms with van der Waals surface area (Å²) < 4.78 is 0. The van der Waals surface area contributed by atoms with Gasteiger partial charge in [-0.25, -0.2) is 0 Å². The monoisotopic (exact) mass is 278 g/mol. The van der Waals surface area contributed by atoms with Crippen molar-refractivity contribution in [2.75, 3.05) is 13.1 Å². The van der Waals surface area contributed by atoms with Crippen molar-refractivity contribution in [3.63, 3.8) is 0 Å². The van der Waals surface area contributed by atoms with E-state index in [4.69, 9.17) is 0 Å². The SMILES string of the molecule is Cc1c(O)cccc1C(=O)NCCN(C(C)C)C(C)C. The van der Waals surface area contributed by atoms with Crippen LogP contribution < -0.4 is 5.32 Å². The van der Waals surface area contributed by atoms with Crippen molar-refractivity contribution < 1.29 is 9.90 Å². The number of hydrogen-bond acceptors (Lipinski definition) is 3. The molecular formula is C16H26N2O2. The van der Waals surface area contributed by atoms with Gasteiger partial charge in [0.2, 0.25) is 0 Å².